The van der Waals surface area contributed by atoms with Crippen LogP contribution in [0.15, 0.2) is 36.4 Å². The normalized spacial score (nSPS) is 21.0. The van der Waals surface area contributed by atoms with Crippen molar-refractivity contribution in [2.75, 3.05) is 51.3 Å². The molecule has 196 valence electrons. The van der Waals surface area contributed by atoms with Gasteiger partial charge in [0.05, 0.1) is 24.8 Å². The Kier molecular flexibility index (Phi) is 6.82. The quantitative estimate of drug-likeness (QED) is 0.544. The number of aliphatic hydroxyl groups is 1. The van der Waals surface area contributed by atoms with E-state index in [9.17, 15) is 23.1 Å². The number of methoxy groups -OCH3 is 1. The van der Waals surface area contributed by atoms with Crippen molar-refractivity contribution in [2.24, 2.45) is 0 Å². The summed E-state index contributed by atoms with van der Waals surface area (Å²) in [7, 11) is 1.41. The molecule has 2 aliphatic heterocycles. The molecule has 37 heavy (non-hydrogen) atoms. The summed E-state index contributed by atoms with van der Waals surface area (Å²) in [5, 5.41) is 11.4. The Morgan fingerprint density at radius 3 is 2.38 bits per heavy atom. The summed E-state index contributed by atoms with van der Waals surface area (Å²) in [5.74, 6) is -1.16. The zero-order valence-corrected chi connectivity index (χ0v) is 20.6. The summed E-state index contributed by atoms with van der Waals surface area (Å²) < 4.78 is 45.7. The van der Waals surface area contributed by atoms with Crippen molar-refractivity contribution in [1.29, 1.82) is 0 Å². The Bertz CT molecular complexity index is 1300. The van der Waals surface area contributed by atoms with Crippen LogP contribution in [0.4, 0.5) is 19.0 Å². The lowest BCUT2D eigenvalue weighted by atomic mass is 10.1. The van der Waals surface area contributed by atoms with Crippen LogP contribution < -0.4 is 9.64 Å². The summed E-state index contributed by atoms with van der Waals surface area (Å²) in [6, 6.07) is 9.19. The maximum atomic E-state index is 13.5. The third-order valence-electron chi connectivity index (χ3n) is 6.68. The third-order valence-corrected chi connectivity index (χ3v) is 6.93. The number of amides is 1. The molecule has 2 aliphatic rings. The standard InChI is InChI=1S/C24H24ClF3N6O3/c1-37-19-7-6-16-20(30-19)21(31-23(29-16)24(26,27)28)34-12-17(18(35)13-34)32-8-10-33(11-9-32)22(36)14-2-4-15(25)5-3-14/h2-7,17-18,35H,8-13H2,1H3. The Morgan fingerprint density at radius 2 is 1.73 bits per heavy atom. The van der Waals surface area contributed by atoms with Crippen molar-refractivity contribution < 1.29 is 27.8 Å². The minimum absolute atomic E-state index is 0.00525. The van der Waals surface area contributed by atoms with Gasteiger partial charge in [-0.1, -0.05) is 11.6 Å². The molecule has 1 amide bonds. The highest BCUT2D eigenvalue weighted by Crippen LogP contribution is 2.34. The number of hydrogen-bond acceptors (Lipinski definition) is 8. The number of aliphatic hydroxyl groups excluding tert-OH is 1. The topological polar surface area (TPSA) is 94.9 Å². The largest absolute Gasteiger partial charge is 0.481 e. The van der Waals surface area contributed by atoms with Crippen LogP contribution in [-0.2, 0) is 6.18 Å². The number of hydrogen-bond donors (Lipinski definition) is 1. The van der Waals surface area contributed by atoms with Crippen molar-refractivity contribution >= 4 is 34.4 Å². The number of ether oxygens (including phenoxy) is 1. The maximum Gasteiger partial charge on any atom is 0.451 e. The van der Waals surface area contributed by atoms with Gasteiger partial charge in [0.2, 0.25) is 11.7 Å². The first-order valence-electron chi connectivity index (χ1n) is 11.7. The Balaban J connectivity index is 1.33. The molecule has 9 nitrogen and oxygen atoms in total. The van der Waals surface area contributed by atoms with Crippen LogP contribution >= 0.6 is 11.6 Å². The number of anilines is 1. The predicted molar refractivity (Wildman–Crippen MR) is 130 cm³/mol. The highest BCUT2D eigenvalue weighted by atomic mass is 35.5. The SMILES string of the molecule is COc1ccc2nc(C(F)(F)F)nc(N3CC(O)C(N4CCN(C(=O)c5ccc(Cl)cc5)CC4)C3)c2n1. The molecule has 0 bridgehead atoms. The van der Waals surface area contributed by atoms with Gasteiger partial charge < -0.3 is 19.6 Å². The van der Waals surface area contributed by atoms with Gasteiger partial charge in [0.25, 0.3) is 5.91 Å². The van der Waals surface area contributed by atoms with Crippen LogP contribution in [-0.4, -0.2) is 94.3 Å². The van der Waals surface area contributed by atoms with Crippen LogP contribution in [0.3, 0.4) is 0 Å². The van der Waals surface area contributed by atoms with Crippen LogP contribution in [0.25, 0.3) is 11.0 Å². The van der Waals surface area contributed by atoms with E-state index >= 15 is 0 Å². The highest BCUT2D eigenvalue weighted by Gasteiger charge is 2.41. The first kappa shape index (κ1) is 25.4. The van der Waals surface area contributed by atoms with E-state index in [-0.39, 0.29) is 47.8 Å². The third kappa shape index (κ3) is 5.13. The van der Waals surface area contributed by atoms with Crippen LogP contribution in [0.1, 0.15) is 16.2 Å². The highest BCUT2D eigenvalue weighted by molar-refractivity contribution is 6.30. The van der Waals surface area contributed by atoms with Crippen molar-refractivity contribution in [3.05, 3.63) is 52.8 Å². The van der Waals surface area contributed by atoms with Crippen LogP contribution in [0.5, 0.6) is 5.88 Å². The smallest absolute Gasteiger partial charge is 0.451 e. The average Bonchev–Trinajstić information content (AvgIpc) is 3.28. The van der Waals surface area contributed by atoms with Crippen molar-refractivity contribution in [1.82, 2.24) is 24.8 Å². The molecule has 2 aromatic heterocycles. The first-order valence-corrected chi connectivity index (χ1v) is 12.0. The molecular formula is C24H24ClF3N6O3. The zero-order chi connectivity index (χ0) is 26.3. The van der Waals surface area contributed by atoms with Gasteiger partial charge in [-0.3, -0.25) is 9.69 Å². The monoisotopic (exact) mass is 536 g/mol. The van der Waals surface area contributed by atoms with E-state index in [0.717, 1.165) is 0 Å². The minimum atomic E-state index is -4.74. The number of piperazine rings is 1. The van der Waals surface area contributed by atoms with E-state index in [1.54, 1.807) is 34.1 Å². The van der Waals surface area contributed by atoms with Gasteiger partial charge in [0.1, 0.15) is 5.52 Å². The molecule has 2 unspecified atom stereocenters. The van der Waals surface area contributed by atoms with Gasteiger partial charge in [-0.15, -0.1) is 0 Å². The minimum Gasteiger partial charge on any atom is -0.481 e. The molecule has 0 radical (unpaired) electrons. The second-order valence-corrected chi connectivity index (χ2v) is 9.40. The lowest BCUT2D eigenvalue weighted by molar-refractivity contribution is -0.144. The number of rotatable bonds is 4. The van der Waals surface area contributed by atoms with Gasteiger partial charge in [-0.05, 0) is 30.3 Å². The molecule has 5 rings (SSSR count). The van der Waals surface area contributed by atoms with Gasteiger partial charge >= 0.3 is 6.18 Å². The molecule has 1 N–H and O–H groups in total. The fourth-order valence-electron chi connectivity index (χ4n) is 4.77. The van der Waals surface area contributed by atoms with Crippen molar-refractivity contribution in [3.63, 3.8) is 0 Å². The number of fused-ring (bicyclic) bond motifs is 1. The van der Waals surface area contributed by atoms with Crippen LogP contribution in [0, 0.1) is 0 Å². The molecule has 3 aromatic rings. The predicted octanol–water partition coefficient (Wildman–Crippen LogP) is 2.71. The molecule has 0 aliphatic carbocycles. The summed E-state index contributed by atoms with van der Waals surface area (Å²) in [6.45, 7) is 2.26. The maximum absolute atomic E-state index is 13.5. The number of carbonyl (C=O) groups excluding carboxylic acids is 1. The number of carbonyl (C=O) groups is 1. The van der Waals surface area contributed by atoms with E-state index < -0.39 is 18.1 Å². The molecule has 4 heterocycles. The first-order chi connectivity index (χ1) is 17.6. The number of halogens is 4. The van der Waals surface area contributed by atoms with Gasteiger partial charge in [-0.25, -0.2) is 15.0 Å². The number of β-amino-alcohol motifs (C(OH)–C–C–N with tert-alkyl or cyclic N) is 1. The lowest BCUT2D eigenvalue weighted by Crippen LogP contribution is -2.54. The molecule has 0 saturated carbocycles. The molecule has 2 fully saturated rings. The average molecular weight is 537 g/mol. The summed E-state index contributed by atoms with van der Waals surface area (Å²) in [6.07, 6.45) is -5.57. The molecule has 2 saturated heterocycles. The number of nitrogens with zero attached hydrogens (tertiary/aromatic N) is 6. The van der Waals surface area contributed by atoms with Gasteiger partial charge in [-0.2, -0.15) is 13.2 Å². The summed E-state index contributed by atoms with van der Waals surface area (Å²) in [4.78, 5) is 29.9. The summed E-state index contributed by atoms with van der Waals surface area (Å²) in [5.41, 5.74) is 0.743. The Labute approximate surface area is 215 Å². The number of alkyl halides is 3. The van der Waals surface area contributed by atoms with Crippen molar-refractivity contribution in [2.45, 2.75) is 18.3 Å². The van der Waals surface area contributed by atoms with E-state index in [4.69, 9.17) is 16.3 Å². The Hall–Kier alpha value is -3.22. The van der Waals surface area contributed by atoms with E-state index in [2.05, 4.69) is 19.9 Å². The number of benzene rings is 1. The van der Waals surface area contributed by atoms with Crippen LogP contribution in [0.2, 0.25) is 5.02 Å². The molecular weight excluding hydrogens is 513 g/mol. The molecule has 13 heteroatoms. The fourth-order valence-corrected chi connectivity index (χ4v) is 4.90. The number of pyridine rings is 1. The molecule has 2 atom stereocenters. The van der Waals surface area contributed by atoms with Gasteiger partial charge in [0, 0.05) is 55.9 Å². The lowest BCUT2D eigenvalue weighted by Gasteiger charge is -2.38. The zero-order valence-electron chi connectivity index (χ0n) is 19.8. The van der Waals surface area contributed by atoms with Crippen molar-refractivity contribution in [3.8, 4) is 5.88 Å². The fraction of sp³-hybridized carbons (Fsp3) is 0.417. The second kappa shape index (κ2) is 9.92. The summed E-state index contributed by atoms with van der Waals surface area (Å²) >= 11 is 5.91. The molecule has 1 aromatic carbocycles. The second-order valence-electron chi connectivity index (χ2n) is 8.96. The number of aromatic nitrogens is 3. The Morgan fingerprint density at radius 1 is 1.03 bits per heavy atom. The van der Waals surface area contributed by atoms with E-state index in [0.29, 0.717) is 36.8 Å². The van der Waals surface area contributed by atoms with Gasteiger partial charge in [0.15, 0.2) is 5.82 Å². The molecule has 0 spiro atoms. The van der Waals surface area contributed by atoms with E-state index in [1.807, 2.05) is 0 Å². The van der Waals surface area contributed by atoms with E-state index in [1.165, 1.54) is 19.2 Å².